The Balaban J connectivity index is 4.27. The van der Waals surface area contributed by atoms with Crippen molar-refractivity contribution in [3.8, 4) is 0 Å². The second-order valence-corrected chi connectivity index (χ2v) is 5.02. The molecule has 1 N–H and O–H groups in total. The third-order valence-corrected chi connectivity index (χ3v) is 3.45. The first-order valence-electron chi connectivity index (χ1n) is 5.02. The van der Waals surface area contributed by atoms with Crippen molar-refractivity contribution in [1.29, 1.82) is 0 Å². The summed E-state index contributed by atoms with van der Waals surface area (Å²) in [5, 5.41) is 8.76. The molecule has 84 valence electrons. The Morgan fingerprint density at radius 1 is 1.50 bits per heavy atom. The number of carbonyl (C=O) groups excluding carboxylic acids is 1. The van der Waals surface area contributed by atoms with Gasteiger partial charge >= 0.3 is 0 Å². The fourth-order valence-electron chi connectivity index (χ4n) is 1.21. The molecule has 0 aromatic heterocycles. The van der Waals surface area contributed by atoms with E-state index in [1.807, 2.05) is 0 Å². The number of aliphatic hydroxyl groups excluding tert-OH is 1. The molecule has 0 spiro atoms. The van der Waals surface area contributed by atoms with E-state index >= 15 is 0 Å². The minimum atomic E-state index is 0.0246. The Kier molecular flexibility index (Phi) is 7.01. The summed E-state index contributed by atoms with van der Waals surface area (Å²) in [5.74, 6) is 1.41. The molecule has 0 heterocycles. The highest BCUT2D eigenvalue weighted by Gasteiger charge is 2.24. The number of aliphatic hydroxyl groups is 1. The summed E-state index contributed by atoms with van der Waals surface area (Å²) < 4.78 is 0. The normalized spacial score (nSPS) is 13.0. The van der Waals surface area contributed by atoms with E-state index < -0.39 is 0 Å². The van der Waals surface area contributed by atoms with Gasteiger partial charge in [0.25, 0.3) is 0 Å². The molecule has 4 heteroatoms. The van der Waals surface area contributed by atoms with Crippen LogP contribution in [0.25, 0.3) is 0 Å². The average molecular weight is 219 g/mol. The van der Waals surface area contributed by atoms with Gasteiger partial charge in [0.1, 0.15) is 0 Å². The molecule has 1 unspecified atom stereocenters. The maximum atomic E-state index is 11.9. The van der Waals surface area contributed by atoms with E-state index in [1.54, 1.807) is 23.7 Å². The molecule has 0 saturated carbocycles. The maximum absolute atomic E-state index is 11.9. The number of amides is 1. The van der Waals surface area contributed by atoms with Crippen LogP contribution in [0.1, 0.15) is 20.8 Å². The van der Waals surface area contributed by atoms with Crippen LogP contribution < -0.4 is 0 Å². The molecule has 1 amide bonds. The van der Waals surface area contributed by atoms with Crippen LogP contribution in [0.15, 0.2) is 0 Å². The number of thioether (sulfide) groups is 1. The van der Waals surface area contributed by atoms with E-state index in [0.717, 1.165) is 5.75 Å². The van der Waals surface area contributed by atoms with Crippen molar-refractivity contribution >= 4 is 17.7 Å². The van der Waals surface area contributed by atoms with Crippen LogP contribution in [0.3, 0.4) is 0 Å². The van der Waals surface area contributed by atoms with Gasteiger partial charge in [-0.05, 0) is 11.7 Å². The first-order chi connectivity index (χ1) is 6.54. The van der Waals surface area contributed by atoms with Gasteiger partial charge in [0, 0.05) is 13.6 Å². The Hall–Kier alpha value is -0.220. The maximum Gasteiger partial charge on any atom is 0.235 e. The zero-order valence-electron chi connectivity index (χ0n) is 9.49. The van der Waals surface area contributed by atoms with Crippen LogP contribution in [-0.4, -0.2) is 47.1 Å². The number of carbonyl (C=O) groups is 1. The number of hydrogen-bond donors (Lipinski definition) is 1. The van der Waals surface area contributed by atoms with Gasteiger partial charge < -0.3 is 10.0 Å². The zero-order valence-corrected chi connectivity index (χ0v) is 10.3. The average Bonchev–Trinajstić information content (AvgIpc) is 2.13. The summed E-state index contributed by atoms with van der Waals surface area (Å²) >= 11 is 1.67. The molecule has 0 aromatic rings. The van der Waals surface area contributed by atoms with Crippen molar-refractivity contribution in [2.45, 2.75) is 26.0 Å². The number of nitrogens with zero attached hydrogens (tertiary/aromatic N) is 1. The number of likely N-dealkylation sites (N-methyl/N-ethyl adjacent to an activating group) is 1. The fraction of sp³-hybridized carbons (Fsp3) is 0.900. The molecular formula is C10H21NO2S. The topological polar surface area (TPSA) is 40.5 Å². The van der Waals surface area contributed by atoms with Crippen LogP contribution in [0.5, 0.6) is 0 Å². The summed E-state index contributed by atoms with van der Waals surface area (Å²) in [6.07, 6.45) is 0. The molecular weight excluding hydrogens is 198 g/mol. The zero-order chi connectivity index (χ0) is 11.1. The molecule has 0 aliphatic carbocycles. The molecule has 0 saturated heterocycles. The predicted molar refractivity (Wildman–Crippen MR) is 61.5 cm³/mol. The molecule has 0 aliphatic heterocycles. The summed E-state index contributed by atoms with van der Waals surface area (Å²) in [4.78, 5) is 13.5. The lowest BCUT2D eigenvalue weighted by Crippen LogP contribution is -2.39. The van der Waals surface area contributed by atoms with E-state index in [-0.39, 0.29) is 17.8 Å². The number of hydrogen-bond acceptors (Lipinski definition) is 3. The van der Waals surface area contributed by atoms with E-state index in [4.69, 9.17) is 5.11 Å². The van der Waals surface area contributed by atoms with E-state index in [0.29, 0.717) is 12.5 Å². The Morgan fingerprint density at radius 2 is 2.07 bits per heavy atom. The van der Waals surface area contributed by atoms with E-state index in [9.17, 15) is 4.79 Å². The third kappa shape index (κ3) is 4.33. The quantitative estimate of drug-likeness (QED) is 0.730. The molecule has 0 aromatic carbocycles. The minimum Gasteiger partial charge on any atom is -0.395 e. The van der Waals surface area contributed by atoms with Crippen molar-refractivity contribution in [3.05, 3.63) is 0 Å². The highest BCUT2D eigenvalue weighted by molar-refractivity contribution is 8.00. The molecule has 3 nitrogen and oxygen atoms in total. The van der Waals surface area contributed by atoms with Gasteiger partial charge in [0.15, 0.2) is 0 Å². The molecule has 0 bridgehead atoms. The van der Waals surface area contributed by atoms with Crippen molar-refractivity contribution in [1.82, 2.24) is 4.90 Å². The Labute approximate surface area is 90.9 Å². The summed E-state index contributed by atoms with van der Waals surface area (Å²) in [6, 6.07) is 0. The van der Waals surface area contributed by atoms with Crippen LogP contribution in [0.4, 0.5) is 0 Å². The number of rotatable bonds is 6. The summed E-state index contributed by atoms with van der Waals surface area (Å²) in [6.45, 7) is 6.62. The smallest absolute Gasteiger partial charge is 0.235 e. The van der Waals surface area contributed by atoms with Crippen LogP contribution in [-0.2, 0) is 4.79 Å². The predicted octanol–water partition coefficient (Wildman–Crippen LogP) is 1.21. The molecule has 0 aliphatic rings. The first kappa shape index (κ1) is 13.8. The summed E-state index contributed by atoms with van der Waals surface area (Å²) in [5.41, 5.74) is 0. The molecule has 14 heavy (non-hydrogen) atoms. The molecule has 0 rings (SSSR count). The van der Waals surface area contributed by atoms with Gasteiger partial charge in [-0.25, -0.2) is 0 Å². The second kappa shape index (κ2) is 7.12. The van der Waals surface area contributed by atoms with Gasteiger partial charge in [0.05, 0.1) is 11.9 Å². The summed E-state index contributed by atoms with van der Waals surface area (Å²) in [7, 11) is 1.74. The van der Waals surface area contributed by atoms with E-state index in [1.165, 1.54) is 0 Å². The van der Waals surface area contributed by atoms with Gasteiger partial charge in [-0.1, -0.05) is 20.8 Å². The van der Waals surface area contributed by atoms with Crippen molar-refractivity contribution in [2.24, 2.45) is 5.92 Å². The minimum absolute atomic E-state index is 0.0246. The van der Waals surface area contributed by atoms with Crippen molar-refractivity contribution in [3.63, 3.8) is 0 Å². The lowest BCUT2D eigenvalue weighted by Gasteiger charge is -2.25. The van der Waals surface area contributed by atoms with Gasteiger partial charge in [-0.15, -0.1) is 11.8 Å². The molecule has 1 atom stereocenters. The first-order valence-corrected chi connectivity index (χ1v) is 6.06. The van der Waals surface area contributed by atoms with Crippen LogP contribution in [0, 0.1) is 5.92 Å². The SMILES string of the molecule is CCSC(C(=O)N(C)CCO)C(C)C. The monoisotopic (exact) mass is 219 g/mol. The van der Waals surface area contributed by atoms with Crippen LogP contribution in [0.2, 0.25) is 0 Å². The lowest BCUT2D eigenvalue weighted by atomic mass is 10.1. The van der Waals surface area contributed by atoms with Gasteiger partial charge in [-0.2, -0.15) is 0 Å². The largest absolute Gasteiger partial charge is 0.395 e. The van der Waals surface area contributed by atoms with Gasteiger partial charge in [-0.3, -0.25) is 4.79 Å². The lowest BCUT2D eigenvalue weighted by molar-refractivity contribution is -0.130. The van der Waals surface area contributed by atoms with Gasteiger partial charge in [0.2, 0.25) is 5.91 Å². The molecule has 0 fully saturated rings. The van der Waals surface area contributed by atoms with E-state index in [2.05, 4.69) is 20.8 Å². The standard InChI is InChI=1S/C10H21NO2S/c1-5-14-9(8(2)3)10(13)11(4)6-7-12/h8-9,12H,5-7H2,1-4H3. The fourth-order valence-corrected chi connectivity index (χ4v) is 2.27. The second-order valence-electron chi connectivity index (χ2n) is 3.60. The Bertz CT molecular complexity index is 174. The Morgan fingerprint density at radius 3 is 2.43 bits per heavy atom. The van der Waals surface area contributed by atoms with Crippen molar-refractivity contribution in [2.75, 3.05) is 26.0 Å². The van der Waals surface area contributed by atoms with Crippen LogP contribution >= 0.6 is 11.8 Å². The van der Waals surface area contributed by atoms with Crippen molar-refractivity contribution < 1.29 is 9.90 Å². The highest BCUT2D eigenvalue weighted by atomic mass is 32.2. The third-order valence-electron chi connectivity index (χ3n) is 2.01. The highest BCUT2D eigenvalue weighted by Crippen LogP contribution is 2.20. The molecule has 0 radical (unpaired) electrons.